The highest BCUT2D eigenvalue weighted by Crippen LogP contribution is 2.18. The second kappa shape index (κ2) is 9.07. The first-order chi connectivity index (χ1) is 13.4. The van der Waals surface area contributed by atoms with Crippen molar-refractivity contribution in [1.29, 1.82) is 0 Å². The van der Waals surface area contributed by atoms with E-state index < -0.39 is 0 Å². The third-order valence-electron chi connectivity index (χ3n) is 5.38. The molecule has 6 nitrogen and oxygen atoms in total. The van der Waals surface area contributed by atoms with Crippen LogP contribution in [-0.2, 0) is 11.3 Å². The van der Waals surface area contributed by atoms with Crippen molar-refractivity contribution >= 4 is 28.4 Å². The molecule has 1 amide bonds. The maximum atomic E-state index is 12.9. The van der Waals surface area contributed by atoms with Crippen LogP contribution in [0.5, 0.6) is 0 Å². The molecule has 7 heteroatoms. The van der Waals surface area contributed by atoms with Crippen LogP contribution < -0.4 is 10.7 Å². The molecule has 0 spiro atoms. The second-order valence-electron chi connectivity index (χ2n) is 7.49. The van der Waals surface area contributed by atoms with Crippen molar-refractivity contribution in [3.05, 3.63) is 45.2 Å². The fraction of sp³-hybridized carbons (Fsp3) is 0.524. The minimum absolute atomic E-state index is 0.154. The number of hydrogen-bond acceptors (Lipinski definition) is 4. The van der Waals surface area contributed by atoms with Crippen molar-refractivity contribution in [2.45, 2.75) is 33.4 Å². The Morgan fingerprint density at radius 2 is 2.00 bits per heavy atom. The van der Waals surface area contributed by atoms with E-state index in [4.69, 9.17) is 16.3 Å². The molecule has 0 saturated carbocycles. The summed E-state index contributed by atoms with van der Waals surface area (Å²) in [6, 6.07) is 5.41. The van der Waals surface area contributed by atoms with Crippen molar-refractivity contribution in [3.63, 3.8) is 0 Å². The SMILES string of the molecule is CCn1cc(C(=O)NCC(C(C)C)N2CCOCC2)c(=O)c2cc(Cl)ccc21. The number of nitrogens with one attached hydrogen (secondary N) is 1. The number of aryl methyl sites for hydroxylation is 1. The van der Waals surface area contributed by atoms with Crippen LogP contribution in [0.15, 0.2) is 29.2 Å². The zero-order valence-electron chi connectivity index (χ0n) is 16.7. The molecule has 1 fully saturated rings. The number of morpholine rings is 1. The Morgan fingerprint density at radius 3 is 2.64 bits per heavy atom. The summed E-state index contributed by atoms with van der Waals surface area (Å²) in [5.74, 6) is 0.0362. The van der Waals surface area contributed by atoms with Crippen LogP contribution in [0.25, 0.3) is 10.9 Å². The monoisotopic (exact) mass is 405 g/mol. The van der Waals surface area contributed by atoms with Crippen molar-refractivity contribution in [2.24, 2.45) is 5.92 Å². The van der Waals surface area contributed by atoms with E-state index in [0.717, 1.165) is 18.6 Å². The highest BCUT2D eigenvalue weighted by molar-refractivity contribution is 6.31. The van der Waals surface area contributed by atoms with Crippen molar-refractivity contribution in [1.82, 2.24) is 14.8 Å². The molecule has 1 saturated heterocycles. The summed E-state index contributed by atoms with van der Waals surface area (Å²) < 4.78 is 7.34. The van der Waals surface area contributed by atoms with E-state index >= 15 is 0 Å². The zero-order valence-corrected chi connectivity index (χ0v) is 17.5. The third kappa shape index (κ3) is 4.40. The number of ether oxygens (including phenoxy) is 1. The highest BCUT2D eigenvalue weighted by Gasteiger charge is 2.25. The molecule has 152 valence electrons. The van der Waals surface area contributed by atoms with Crippen molar-refractivity contribution < 1.29 is 9.53 Å². The molecule has 28 heavy (non-hydrogen) atoms. The molecule has 0 aliphatic carbocycles. The molecule has 1 aliphatic rings. The third-order valence-corrected chi connectivity index (χ3v) is 5.62. The van der Waals surface area contributed by atoms with E-state index in [-0.39, 0.29) is 22.9 Å². The average molecular weight is 406 g/mol. The Hall–Kier alpha value is -1.89. The van der Waals surface area contributed by atoms with Gasteiger partial charge in [0, 0.05) is 48.8 Å². The Balaban J connectivity index is 1.84. The largest absolute Gasteiger partial charge is 0.379 e. The fourth-order valence-corrected chi connectivity index (χ4v) is 3.95. The number of aromatic nitrogens is 1. The Morgan fingerprint density at radius 1 is 1.29 bits per heavy atom. The number of nitrogens with zero attached hydrogens (tertiary/aromatic N) is 2. The molecule has 2 aromatic rings. The normalized spacial score (nSPS) is 16.5. The number of fused-ring (bicyclic) bond motifs is 1. The number of amides is 1. The average Bonchev–Trinajstić information content (AvgIpc) is 2.69. The van der Waals surface area contributed by atoms with Crippen LogP contribution in [0.1, 0.15) is 31.1 Å². The Labute approximate surface area is 170 Å². The minimum atomic E-state index is -0.340. The number of benzene rings is 1. The maximum absolute atomic E-state index is 12.9. The van der Waals surface area contributed by atoms with E-state index in [9.17, 15) is 9.59 Å². The first-order valence-electron chi connectivity index (χ1n) is 9.85. The predicted octanol–water partition coefficient (Wildman–Crippen LogP) is 2.76. The first kappa shape index (κ1) is 20.8. The summed E-state index contributed by atoms with van der Waals surface area (Å²) in [7, 11) is 0. The van der Waals surface area contributed by atoms with E-state index in [1.54, 1.807) is 18.3 Å². The number of carbonyl (C=O) groups is 1. The van der Waals surface area contributed by atoms with E-state index in [0.29, 0.717) is 42.6 Å². The van der Waals surface area contributed by atoms with Gasteiger partial charge >= 0.3 is 0 Å². The zero-order chi connectivity index (χ0) is 20.3. The first-order valence-corrected chi connectivity index (χ1v) is 10.2. The van der Waals surface area contributed by atoms with E-state index in [1.807, 2.05) is 17.6 Å². The number of hydrogen-bond donors (Lipinski definition) is 1. The highest BCUT2D eigenvalue weighted by atomic mass is 35.5. The van der Waals surface area contributed by atoms with Crippen molar-refractivity contribution in [3.8, 4) is 0 Å². The molecule has 1 N–H and O–H groups in total. The topological polar surface area (TPSA) is 63.6 Å². The molecule has 0 bridgehead atoms. The van der Waals surface area contributed by atoms with Gasteiger partial charge in [-0.2, -0.15) is 0 Å². The van der Waals surface area contributed by atoms with Gasteiger partial charge in [0.2, 0.25) is 5.43 Å². The van der Waals surface area contributed by atoms with Crippen LogP contribution in [0.4, 0.5) is 0 Å². The van der Waals surface area contributed by atoms with Gasteiger partial charge in [0.05, 0.1) is 18.7 Å². The van der Waals surface area contributed by atoms with Crippen LogP contribution in [0, 0.1) is 5.92 Å². The lowest BCUT2D eigenvalue weighted by Crippen LogP contribution is -2.51. The lowest BCUT2D eigenvalue weighted by molar-refractivity contribution is 0.00672. The number of carbonyl (C=O) groups excluding carboxylic acids is 1. The van der Waals surface area contributed by atoms with Crippen LogP contribution in [0.3, 0.4) is 0 Å². The van der Waals surface area contributed by atoms with Gasteiger partial charge in [0.15, 0.2) is 0 Å². The summed E-state index contributed by atoms with van der Waals surface area (Å²) >= 11 is 6.08. The van der Waals surface area contributed by atoms with Gasteiger partial charge in [-0.1, -0.05) is 25.4 Å². The lowest BCUT2D eigenvalue weighted by atomic mass is 10.0. The Kier molecular flexibility index (Phi) is 6.75. The number of pyridine rings is 1. The molecule has 1 aromatic heterocycles. The fourth-order valence-electron chi connectivity index (χ4n) is 3.78. The minimum Gasteiger partial charge on any atom is -0.379 e. The molecule has 1 atom stereocenters. The van der Waals surface area contributed by atoms with Gasteiger partial charge in [-0.25, -0.2) is 0 Å². The summed E-state index contributed by atoms with van der Waals surface area (Å²) in [5, 5.41) is 3.93. The smallest absolute Gasteiger partial charge is 0.256 e. The van der Waals surface area contributed by atoms with Gasteiger partial charge in [0.1, 0.15) is 5.56 Å². The summed E-state index contributed by atoms with van der Waals surface area (Å²) in [4.78, 5) is 28.1. The predicted molar refractivity (Wildman–Crippen MR) is 112 cm³/mol. The van der Waals surface area contributed by atoms with E-state index in [1.165, 1.54) is 0 Å². The molecule has 1 unspecified atom stereocenters. The molecular weight excluding hydrogens is 378 g/mol. The molecule has 3 rings (SSSR count). The summed E-state index contributed by atoms with van der Waals surface area (Å²) in [6.07, 6.45) is 1.65. The molecular formula is C21H28ClN3O3. The van der Waals surface area contributed by atoms with Gasteiger partial charge in [-0.15, -0.1) is 0 Å². The van der Waals surface area contributed by atoms with Crippen molar-refractivity contribution in [2.75, 3.05) is 32.8 Å². The quantitative estimate of drug-likeness (QED) is 0.802. The van der Waals surface area contributed by atoms with Gasteiger partial charge in [-0.3, -0.25) is 14.5 Å². The van der Waals surface area contributed by atoms with Gasteiger partial charge in [0.25, 0.3) is 5.91 Å². The molecule has 0 radical (unpaired) electrons. The van der Waals surface area contributed by atoms with Crippen LogP contribution in [0.2, 0.25) is 5.02 Å². The van der Waals surface area contributed by atoms with Crippen LogP contribution >= 0.6 is 11.6 Å². The summed E-state index contributed by atoms with van der Waals surface area (Å²) in [5.41, 5.74) is 0.648. The lowest BCUT2D eigenvalue weighted by Gasteiger charge is -2.36. The second-order valence-corrected chi connectivity index (χ2v) is 7.93. The number of halogens is 1. The molecule has 1 aliphatic heterocycles. The molecule has 2 heterocycles. The standard InChI is InChI=1S/C21H28ClN3O3/c1-4-24-13-17(20(26)16-11-15(22)5-6-18(16)24)21(27)23-12-19(14(2)3)25-7-9-28-10-8-25/h5-6,11,13-14,19H,4,7-10,12H2,1-3H3,(H,23,27). The summed E-state index contributed by atoms with van der Waals surface area (Å²) in [6.45, 7) is 10.6. The maximum Gasteiger partial charge on any atom is 0.256 e. The van der Waals surface area contributed by atoms with Gasteiger partial charge < -0.3 is 14.6 Å². The molecule has 1 aromatic carbocycles. The van der Waals surface area contributed by atoms with Gasteiger partial charge in [-0.05, 0) is 31.0 Å². The van der Waals surface area contributed by atoms with Crippen LogP contribution in [-0.4, -0.2) is 54.3 Å². The Bertz CT molecular complexity index is 904. The van der Waals surface area contributed by atoms with E-state index in [2.05, 4.69) is 24.1 Å². The number of rotatable bonds is 6.